The van der Waals surface area contributed by atoms with Gasteiger partial charge in [-0.1, -0.05) is 0 Å². The number of hydrogen-bond donors (Lipinski definition) is 2. The Bertz CT molecular complexity index is 645. The molecule has 1 heterocycles. The molecule has 1 aromatic heterocycles. The predicted octanol–water partition coefficient (Wildman–Crippen LogP) is 1.48. The van der Waals surface area contributed by atoms with Crippen molar-refractivity contribution in [2.24, 2.45) is 4.99 Å². The van der Waals surface area contributed by atoms with Gasteiger partial charge in [-0.25, -0.2) is 18.4 Å². The monoisotopic (exact) mass is 375 g/mol. The van der Waals surface area contributed by atoms with E-state index in [-0.39, 0.29) is 5.75 Å². The zero-order valence-corrected chi connectivity index (χ0v) is 17.0. The van der Waals surface area contributed by atoms with E-state index in [1.54, 1.807) is 32.1 Å². The first kappa shape index (κ1) is 20.7. The summed E-state index contributed by atoms with van der Waals surface area (Å²) in [5.74, 6) is 0.670. The normalized spacial score (nSPS) is 13.0. The summed E-state index contributed by atoms with van der Waals surface area (Å²) in [5, 5.41) is 9.11. The molecule has 138 valence electrons. The molecule has 0 amide bonds. The van der Waals surface area contributed by atoms with Crippen molar-refractivity contribution in [1.82, 2.24) is 15.6 Å². The average Bonchev–Trinajstić information content (AvgIpc) is 2.92. The summed E-state index contributed by atoms with van der Waals surface area (Å²) in [7, 11) is 0.760. The molecule has 2 N–H and O–H groups in total. The van der Waals surface area contributed by atoms with Gasteiger partial charge in [-0.05, 0) is 27.7 Å². The molecule has 0 saturated carbocycles. The second-order valence-electron chi connectivity index (χ2n) is 6.57. The molecule has 0 fully saturated rings. The molecule has 1 aromatic rings. The van der Waals surface area contributed by atoms with Gasteiger partial charge in [0.15, 0.2) is 20.9 Å². The minimum absolute atomic E-state index is 0.0718. The van der Waals surface area contributed by atoms with Gasteiger partial charge in [-0.3, -0.25) is 0 Å². The second kappa shape index (κ2) is 8.66. The smallest absolute Gasteiger partial charge is 0.191 e. The Morgan fingerprint density at radius 1 is 1.33 bits per heavy atom. The number of sulfone groups is 1. The number of nitrogens with one attached hydrogen (secondary N) is 2. The van der Waals surface area contributed by atoms with Crippen LogP contribution in [-0.2, 0) is 16.4 Å². The van der Waals surface area contributed by atoms with E-state index in [0.717, 1.165) is 10.8 Å². The molecular weight excluding hydrogens is 346 g/mol. The highest BCUT2D eigenvalue weighted by Gasteiger charge is 2.28. The largest absolute Gasteiger partial charge is 0.357 e. The van der Waals surface area contributed by atoms with Gasteiger partial charge in [0, 0.05) is 32.6 Å². The number of aromatic nitrogens is 1. The Morgan fingerprint density at radius 2 is 2.00 bits per heavy atom. The van der Waals surface area contributed by atoms with Crippen molar-refractivity contribution < 1.29 is 8.42 Å². The number of guanidine groups is 1. The first-order valence-electron chi connectivity index (χ1n) is 7.93. The van der Waals surface area contributed by atoms with Gasteiger partial charge in [0.2, 0.25) is 0 Å². The third-order valence-corrected chi connectivity index (χ3v) is 6.93. The minimum atomic E-state index is -3.14. The summed E-state index contributed by atoms with van der Waals surface area (Å²) in [5.41, 5.74) is 0.892. The first-order chi connectivity index (χ1) is 11.1. The standard InChI is InChI=1S/C15H29N5O2S2/c1-7-16-13(17-8-9-24(21,22)15(2,3)4)18-10-12-11-23-14(19-12)20(5)6/h11H,7-10H2,1-6H3,(H2,16,17,18). The Morgan fingerprint density at radius 3 is 2.50 bits per heavy atom. The summed E-state index contributed by atoms with van der Waals surface area (Å²) >= 11 is 1.57. The Kier molecular flexibility index (Phi) is 7.47. The number of hydrogen-bond acceptors (Lipinski definition) is 6. The lowest BCUT2D eigenvalue weighted by Crippen LogP contribution is -2.41. The molecule has 7 nitrogen and oxygen atoms in total. The molecule has 0 spiro atoms. The highest BCUT2D eigenvalue weighted by Crippen LogP contribution is 2.18. The van der Waals surface area contributed by atoms with Gasteiger partial charge >= 0.3 is 0 Å². The Balaban J connectivity index is 2.63. The fourth-order valence-corrected chi connectivity index (χ4v) is 3.42. The first-order valence-corrected chi connectivity index (χ1v) is 10.5. The number of rotatable bonds is 7. The lowest BCUT2D eigenvalue weighted by Gasteiger charge is -2.19. The van der Waals surface area contributed by atoms with E-state index in [1.165, 1.54) is 0 Å². The van der Waals surface area contributed by atoms with Crippen molar-refractivity contribution in [1.29, 1.82) is 0 Å². The molecule has 1 rings (SSSR count). The molecule has 0 aromatic carbocycles. The molecule has 0 aliphatic rings. The van der Waals surface area contributed by atoms with Crippen LogP contribution in [0.5, 0.6) is 0 Å². The Labute approximate surface area is 149 Å². The van der Waals surface area contributed by atoms with Crippen LogP contribution in [0.15, 0.2) is 10.4 Å². The third-order valence-electron chi connectivity index (χ3n) is 3.26. The van der Waals surface area contributed by atoms with E-state index < -0.39 is 14.6 Å². The van der Waals surface area contributed by atoms with Gasteiger partial charge in [-0.15, -0.1) is 11.3 Å². The molecule has 0 unspecified atom stereocenters. The molecule has 0 atom stereocenters. The van der Waals surface area contributed by atoms with Crippen LogP contribution in [0.25, 0.3) is 0 Å². The summed E-state index contributed by atoms with van der Waals surface area (Å²) < 4.78 is 23.5. The Hall–Kier alpha value is -1.35. The maximum Gasteiger partial charge on any atom is 0.191 e. The topological polar surface area (TPSA) is 86.7 Å². The number of nitrogens with zero attached hydrogens (tertiary/aromatic N) is 3. The van der Waals surface area contributed by atoms with E-state index in [1.807, 2.05) is 31.3 Å². The fourth-order valence-electron chi connectivity index (χ4n) is 1.69. The van der Waals surface area contributed by atoms with Crippen LogP contribution in [-0.4, -0.2) is 57.0 Å². The summed E-state index contributed by atoms with van der Waals surface area (Å²) in [4.78, 5) is 10.9. The van der Waals surface area contributed by atoms with Crippen molar-refractivity contribution in [3.63, 3.8) is 0 Å². The van der Waals surface area contributed by atoms with Crippen molar-refractivity contribution in [3.05, 3.63) is 11.1 Å². The highest BCUT2D eigenvalue weighted by molar-refractivity contribution is 7.92. The number of thiazole rings is 1. The zero-order chi connectivity index (χ0) is 18.4. The predicted molar refractivity (Wildman–Crippen MR) is 103 cm³/mol. The average molecular weight is 376 g/mol. The van der Waals surface area contributed by atoms with Crippen molar-refractivity contribution >= 4 is 32.3 Å². The zero-order valence-electron chi connectivity index (χ0n) is 15.4. The second-order valence-corrected chi connectivity index (χ2v) is 10.3. The molecular formula is C15H29N5O2S2. The molecule has 0 aliphatic carbocycles. The molecule has 9 heteroatoms. The van der Waals surface area contributed by atoms with Crippen LogP contribution in [0.4, 0.5) is 5.13 Å². The summed E-state index contributed by atoms with van der Waals surface area (Å²) in [6.07, 6.45) is 0. The van der Waals surface area contributed by atoms with Crippen LogP contribution >= 0.6 is 11.3 Å². The number of aliphatic imine (C=N–C) groups is 1. The van der Waals surface area contributed by atoms with Crippen LogP contribution in [0.2, 0.25) is 0 Å². The molecule has 0 bridgehead atoms. The number of anilines is 1. The lowest BCUT2D eigenvalue weighted by atomic mass is 10.3. The molecule has 24 heavy (non-hydrogen) atoms. The van der Waals surface area contributed by atoms with Crippen LogP contribution in [0.1, 0.15) is 33.4 Å². The third kappa shape index (κ3) is 6.27. The fraction of sp³-hybridized carbons (Fsp3) is 0.733. The van der Waals surface area contributed by atoms with Gasteiger partial charge < -0.3 is 15.5 Å². The molecule has 0 aliphatic heterocycles. The maximum absolute atomic E-state index is 12.1. The van der Waals surface area contributed by atoms with Crippen molar-refractivity contribution in [2.45, 2.75) is 39.0 Å². The van der Waals surface area contributed by atoms with Gasteiger partial charge in [-0.2, -0.15) is 0 Å². The van der Waals surface area contributed by atoms with E-state index in [0.29, 0.717) is 25.6 Å². The summed E-state index contributed by atoms with van der Waals surface area (Å²) in [6, 6.07) is 0. The van der Waals surface area contributed by atoms with Gasteiger partial charge in [0.1, 0.15) is 0 Å². The van der Waals surface area contributed by atoms with E-state index >= 15 is 0 Å². The molecule has 0 radical (unpaired) electrons. The van der Waals surface area contributed by atoms with Crippen LogP contribution in [0, 0.1) is 0 Å². The van der Waals surface area contributed by atoms with Gasteiger partial charge in [0.05, 0.1) is 22.7 Å². The SMILES string of the molecule is CCNC(=NCc1csc(N(C)C)n1)NCCS(=O)(=O)C(C)(C)C. The van der Waals surface area contributed by atoms with E-state index in [9.17, 15) is 8.42 Å². The van der Waals surface area contributed by atoms with Gasteiger partial charge in [0.25, 0.3) is 0 Å². The van der Waals surface area contributed by atoms with Crippen LogP contribution in [0.3, 0.4) is 0 Å². The quantitative estimate of drug-likeness (QED) is 0.554. The lowest BCUT2D eigenvalue weighted by molar-refractivity contribution is 0.559. The van der Waals surface area contributed by atoms with E-state index in [4.69, 9.17) is 0 Å². The van der Waals surface area contributed by atoms with Crippen molar-refractivity contribution in [2.75, 3.05) is 37.8 Å². The minimum Gasteiger partial charge on any atom is -0.357 e. The van der Waals surface area contributed by atoms with Crippen molar-refractivity contribution in [3.8, 4) is 0 Å². The van der Waals surface area contributed by atoms with Crippen LogP contribution < -0.4 is 15.5 Å². The molecule has 0 saturated heterocycles. The summed E-state index contributed by atoms with van der Waals surface area (Å²) in [6.45, 7) is 8.59. The highest BCUT2D eigenvalue weighted by atomic mass is 32.2. The van der Waals surface area contributed by atoms with E-state index in [2.05, 4.69) is 20.6 Å². The maximum atomic E-state index is 12.1.